The second kappa shape index (κ2) is 4.59. The van der Waals surface area contributed by atoms with Crippen LogP contribution in [0.3, 0.4) is 0 Å². The van der Waals surface area contributed by atoms with Crippen LogP contribution in [0.5, 0.6) is 0 Å². The van der Waals surface area contributed by atoms with Crippen LogP contribution in [0.4, 0.5) is 4.39 Å². The summed E-state index contributed by atoms with van der Waals surface area (Å²) in [5.74, 6) is 0.455. The monoisotopic (exact) mass is 231 g/mol. The molecule has 17 heavy (non-hydrogen) atoms. The van der Waals surface area contributed by atoms with Gasteiger partial charge in [-0.25, -0.2) is 14.4 Å². The van der Waals surface area contributed by atoms with E-state index in [0.717, 1.165) is 11.3 Å². The van der Waals surface area contributed by atoms with Crippen LogP contribution in [0.25, 0.3) is 0 Å². The molecule has 0 amide bonds. The van der Waals surface area contributed by atoms with Crippen molar-refractivity contribution in [3.63, 3.8) is 0 Å². The summed E-state index contributed by atoms with van der Waals surface area (Å²) >= 11 is 0. The van der Waals surface area contributed by atoms with E-state index < -0.39 is 0 Å². The van der Waals surface area contributed by atoms with Gasteiger partial charge in [-0.2, -0.15) is 0 Å². The highest BCUT2D eigenvalue weighted by Crippen LogP contribution is 2.19. The Balaban J connectivity index is 2.36. The summed E-state index contributed by atoms with van der Waals surface area (Å²) in [7, 11) is 0. The van der Waals surface area contributed by atoms with Gasteiger partial charge in [0.1, 0.15) is 11.6 Å². The van der Waals surface area contributed by atoms with Gasteiger partial charge < -0.3 is 5.73 Å². The molecule has 0 saturated carbocycles. The van der Waals surface area contributed by atoms with Crippen LogP contribution in [-0.4, -0.2) is 9.97 Å². The van der Waals surface area contributed by atoms with Gasteiger partial charge in [0.25, 0.3) is 0 Å². The van der Waals surface area contributed by atoms with Crippen LogP contribution in [0, 0.1) is 19.7 Å². The summed E-state index contributed by atoms with van der Waals surface area (Å²) in [6, 6.07) is 6.28. The fourth-order valence-corrected chi connectivity index (χ4v) is 1.68. The van der Waals surface area contributed by atoms with Crippen LogP contribution in [0.2, 0.25) is 0 Å². The molecule has 0 saturated heterocycles. The standard InChI is InChI=1S/C13H14FN3/c1-8-7-10(3-4-11(8)14)13(15)12-5-6-16-9(2)17-12/h3-7,13H,15H2,1-2H3. The number of nitrogens with two attached hydrogens (primary N) is 1. The van der Waals surface area contributed by atoms with Crippen LogP contribution < -0.4 is 5.73 Å². The number of halogens is 1. The topological polar surface area (TPSA) is 51.8 Å². The Morgan fingerprint density at radius 1 is 1.24 bits per heavy atom. The zero-order chi connectivity index (χ0) is 12.4. The summed E-state index contributed by atoms with van der Waals surface area (Å²) < 4.78 is 13.2. The maximum Gasteiger partial charge on any atom is 0.126 e. The molecule has 0 bridgehead atoms. The molecule has 1 atom stereocenters. The highest BCUT2D eigenvalue weighted by Gasteiger charge is 2.11. The lowest BCUT2D eigenvalue weighted by Crippen LogP contribution is -2.14. The minimum Gasteiger partial charge on any atom is -0.319 e. The average Bonchev–Trinajstić information content (AvgIpc) is 2.32. The Morgan fingerprint density at radius 3 is 2.65 bits per heavy atom. The zero-order valence-corrected chi connectivity index (χ0v) is 9.81. The predicted molar refractivity (Wildman–Crippen MR) is 63.9 cm³/mol. The van der Waals surface area contributed by atoms with E-state index in [4.69, 9.17) is 5.73 Å². The first-order chi connectivity index (χ1) is 8.08. The van der Waals surface area contributed by atoms with Crippen molar-refractivity contribution in [2.75, 3.05) is 0 Å². The molecule has 0 aliphatic rings. The average molecular weight is 231 g/mol. The number of hydrogen-bond acceptors (Lipinski definition) is 3. The lowest BCUT2D eigenvalue weighted by molar-refractivity contribution is 0.616. The van der Waals surface area contributed by atoms with Crippen LogP contribution in [-0.2, 0) is 0 Å². The Kier molecular flexibility index (Phi) is 3.15. The van der Waals surface area contributed by atoms with Gasteiger partial charge in [-0.15, -0.1) is 0 Å². The molecule has 2 N–H and O–H groups in total. The summed E-state index contributed by atoms with van der Waals surface area (Å²) in [6.45, 7) is 3.53. The van der Waals surface area contributed by atoms with E-state index in [0.29, 0.717) is 11.4 Å². The number of benzene rings is 1. The molecule has 0 aliphatic carbocycles. The number of aryl methyl sites for hydroxylation is 2. The number of hydrogen-bond donors (Lipinski definition) is 1. The van der Waals surface area contributed by atoms with Crippen molar-refractivity contribution in [3.8, 4) is 0 Å². The van der Waals surface area contributed by atoms with Crippen molar-refractivity contribution in [2.24, 2.45) is 5.73 Å². The molecular weight excluding hydrogens is 217 g/mol. The molecule has 1 aromatic carbocycles. The van der Waals surface area contributed by atoms with Crippen LogP contribution in [0.1, 0.15) is 28.7 Å². The normalized spacial score (nSPS) is 12.5. The van der Waals surface area contributed by atoms with E-state index >= 15 is 0 Å². The molecule has 3 nitrogen and oxygen atoms in total. The zero-order valence-electron chi connectivity index (χ0n) is 9.81. The van der Waals surface area contributed by atoms with Gasteiger partial charge in [-0.1, -0.05) is 12.1 Å². The molecule has 1 unspecified atom stereocenters. The molecule has 1 aromatic heterocycles. The van der Waals surface area contributed by atoms with Crippen molar-refractivity contribution < 1.29 is 4.39 Å². The lowest BCUT2D eigenvalue weighted by atomic mass is 10.0. The molecule has 0 radical (unpaired) electrons. The SMILES string of the molecule is Cc1nccc(C(N)c2ccc(F)c(C)c2)n1. The van der Waals surface area contributed by atoms with Crippen molar-refractivity contribution >= 4 is 0 Å². The molecule has 0 spiro atoms. The highest BCUT2D eigenvalue weighted by molar-refractivity contribution is 5.31. The number of aromatic nitrogens is 2. The fourth-order valence-electron chi connectivity index (χ4n) is 1.68. The Morgan fingerprint density at radius 2 is 2.00 bits per heavy atom. The van der Waals surface area contributed by atoms with E-state index in [9.17, 15) is 4.39 Å². The molecule has 1 heterocycles. The molecular formula is C13H14FN3. The minimum atomic E-state index is -0.351. The third-order valence-electron chi connectivity index (χ3n) is 2.66. The number of nitrogens with zero attached hydrogens (tertiary/aromatic N) is 2. The molecule has 0 aliphatic heterocycles. The third-order valence-corrected chi connectivity index (χ3v) is 2.66. The van der Waals surface area contributed by atoms with Gasteiger partial charge >= 0.3 is 0 Å². The van der Waals surface area contributed by atoms with Gasteiger partial charge in [0.2, 0.25) is 0 Å². The molecule has 2 aromatic rings. The highest BCUT2D eigenvalue weighted by atomic mass is 19.1. The smallest absolute Gasteiger partial charge is 0.126 e. The summed E-state index contributed by atoms with van der Waals surface area (Å²) in [5, 5.41) is 0. The molecule has 88 valence electrons. The van der Waals surface area contributed by atoms with Gasteiger partial charge in [0.05, 0.1) is 11.7 Å². The first-order valence-corrected chi connectivity index (χ1v) is 5.39. The second-order valence-corrected chi connectivity index (χ2v) is 4.02. The largest absolute Gasteiger partial charge is 0.319 e. The Labute approximate surface area is 99.5 Å². The van der Waals surface area contributed by atoms with E-state index in [1.165, 1.54) is 6.07 Å². The molecule has 0 fully saturated rings. The fraction of sp³-hybridized carbons (Fsp3) is 0.231. The second-order valence-electron chi connectivity index (χ2n) is 4.02. The van der Waals surface area contributed by atoms with E-state index in [-0.39, 0.29) is 11.9 Å². The van der Waals surface area contributed by atoms with E-state index in [2.05, 4.69) is 9.97 Å². The van der Waals surface area contributed by atoms with Gasteiger partial charge in [0, 0.05) is 6.20 Å². The lowest BCUT2D eigenvalue weighted by Gasteiger charge is -2.12. The van der Waals surface area contributed by atoms with Gasteiger partial charge in [0.15, 0.2) is 0 Å². The van der Waals surface area contributed by atoms with Crippen LogP contribution in [0.15, 0.2) is 30.5 Å². The molecule has 2 rings (SSSR count). The molecule has 4 heteroatoms. The Bertz CT molecular complexity index is 540. The van der Waals surface area contributed by atoms with Crippen molar-refractivity contribution in [1.29, 1.82) is 0 Å². The van der Waals surface area contributed by atoms with Gasteiger partial charge in [-0.3, -0.25) is 0 Å². The summed E-state index contributed by atoms with van der Waals surface area (Å²) in [5.41, 5.74) is 8.27. The maximum atomic E-state index is 13.2. The third kappa shape index (κ3) is 2.47. The Hall–Kier alpha value is -1.81. The van der Waals surface area contributed by atoms with Gasteiger partial charge in [-0.05, 0) is 37.1 Å². The van der Waals surface area contributed by atoms with Crippen molar-refractivity contribution in [1.82, 2.24) is 9.97 Å². The number of rotatable bonds is 2. The van der Waals surface area contributed by atoms with E-state index in [1.54, 1.807) is 31.3 Å². The summed E-state index contributed by atoms with van der Waals surface area (Å²) in [6.07, 6.45) is 1.67. The first kappa shape index (κ1) is 11.7. The minimum absolute atomic E-state index is 0.222. The quantitative estimate of drug-likeness (QED) is 0.862. The maximum absolute atomic E-state index is 13.2. The van der Waals surface area contributed by atoms with Crippen molar-refractivity contribution in [2.45, 2.75) is 19.9 Å². The summed E-state index contributed by atoms with van der Waals surface area (Å²) in [4.78, 5) is 8.29. The first-order valence-electron chi connectivity index (χ1n) is 5.39. The van der Waals surface area contributed by atoms with Crippen LogP contribution >= 0.6 is 0 Å². The van der Waals surface area contributed by atoms with Crippen molar-refractivity contribution in [3.05, 3.63) is 58.9 Å². The predicted octanol–water partition coefficient (Wildman–Crippen LogP) is 2.28. The van der Waals surface area contributed by atoms with E-state index in [1.807, 2.05) is 6.92 Å².